The average Bonchev–Trinajstić information content (AvgIpc) is 2.86. The summed E-state index contributed by atoms with van der Waals surface area (Å²) in [6, 6.07) is 6.76. The van der Waals surface area contributed by atoms with Gasteiger partial charge in [0.1, 0.15) is 0 Å². The van der Waals surface area contributed by atoms with Gasteiger partial charge in [-0.05, 0) is 68.9 Å². The molecule has 0 amide bonds. The zero-order chi connectivity index (χ0) is 13.7. The van der Waals surface area contributed by atoms with Gasteiger partial charge in [0, 0.05) is 13.1 Å². The second kappa shape index (κ2) is 7.06. The van der Waals surface area contributed by atoms with E-state index in [1.54, 1.807) is 0 Å². The normalized spacial score (nSPS) is 17.8. The lowest BCUT2D eigenvalue weighted by Crippen LogP contribution is -2.31. The lowest BCUT2D eigenvalue weighted by atomic mass is 10.1. The van der Waals surface area contributed by atoms with E-state index >= 15 is 0 Å². The van der Waals surface area contributed by atoms with Crippen molar-refractivity contribution in [3.8, 4) is 0 Å². The zero-order valence-electron chi connectivity index (χ0n) is 12.7. The molecule has 1 N–H and O–H groups in total. The van der Waals surface area contributed by atoms with Gasteiger partial charge >= 0.3 is 0 Å². The minimum atomic E-state index is 0.740. The van der Waals surface area contributed by atoms with Crippen molar-refractivity contribution < 1.29 is 0 Å². The van der Waals surface area contributed by atoms with Crippen molar-refractivity contribution in [3.05, 3.63) is 34.9 Å². The smallest absolute Gasteiger partial charge is 0.0205 e. The molecule has 1 aromatic rings. The lowest BCUT2D eigenvalue weighted by molar-refractivity contribution is 0.282. The van der Waals surface area contributed by atoms with Gasteiger partial charge in [-0.1, -0.05) is 25.1 Å². The van der Waals surface area contributed by atoms with Crippen LogP contribution in [0.1, 0.15) is 36.5 Å². The summed E-state index contributed by atoms with van der Waals surface area (Å²) < 4.78 is 0. The Balaban J connectivity index is 1.68. The highest BCUT2D eigenvalue weighted by atomic mass is 15.1. The third kappa shape index (κ3) is 4.63. The molecule has 1 fully saturated rings. The quantitative estimate of drug-likeness (QED) is 0.845. The van der Waals surface area contributed by atoms with E-state index in [2.05, 4.69) is 49.2 Å². The van der Waals surface area contributed by atoms with E-state index in [1.807, 2.05) is 0 Å². The van der Waals surface area contributed by atoms with E-state index in [0.717, 1.165) is 19.0 Å². The molecule has 0 bridgehead atoms. The highest BCUT2D eigenvalue weighted by Gasteiger charge is 2.14. The predicted molar refractivity (Wildman–Crippen MR) is 82.5 cm³/mol. The molecule has 1 aromatic carbocycles. The molecule has 0 aromatic heterocycles. The highest BCUT2D eigenvalue weighted by molar-refractivity contribution is 5.29. The van der Waals surface area contributed by atoms with Gasteiger partial charge in [-0.2, -0.15) is 0 Å². The molecule has 19 heavy (non-hydrogen) atoms. The fourth-order valence-corrected chi connectivity index (χ4v) is 2.85. The summed E-state index contributed by atoms with van der Waals surface area (Å²) in [5, 5.41) is 3.60. The minimum absolute atomic E-state index is 0.740. The summed E-state index contributed by atoms with van der Waals surface area (Å²) >= 11 is 0. The first-order chi connectivity index (χ1) is 9.15. The maximum absolute atomic E-state index is 3.60. The van der Waals surface area contributed by atoms with Crippen LogP contribution in [0.25, 0.3) is 0 Å². The van der Waals surface area contributed by atoms with Crippen molar-refractivity contribution >= 4 is 0 Å². The Morgan fingerprint density at radius 1 is 1.16 bits per heavy atom. The molecule has 0 spiro atoms. The molecule has 1 unspecified atom stereocenters. The third-order valence-corrected chi connectivity index (χ3v) is 4.16. The molecule has 2 nitrogen and oxygen atoms in total. The number of nitrogens with zero attached hydrogens (tertiary/aromatic N) is 1. The van der Waals surface area contributed by atoms with E-state index in [4.69, 9.17) is 0 Å². The van der Waals surface area contributed by atoms with E-state index in [0.29, 0.717) is 0 Å². The molecule has 2 heteroatoms. The van der Waals surface area contributed by atoms with Gasteiger partial charge in [0.05, 0.1) is 0 Å². The van der Waals surface area contributed by atoms with Crippen molar-refractivity contribution in [2.45, 2.75) is 40.2 Å². The second-order valence-corrected chi connectivity index (χ2v) is 6.16. The molecule has 0 saturated carbocycles. The topological polar surface area (TPSA) is 15.3 Å². The van der Waals surface area contributed by atoms with E-state index < -0.39 is 0 Å². The number of aryl methyl sites for hydroxylation is 2. The predicted octanol–water partition coefficient (Wildman–Crippen LogP) is 3.12. The summed E-state index contributed by atoms with van der Waals surface area (Å²) in [5.74, 6) is 0.740. The van der Waals surface area contributed by atoms with Crippen LogP contribution in [-0.4, -0.2) is 31.1 Å². The molecule has 1 heterocycles. The van der Waals surface area contributed by atoms with Crippen LogP contribution in [0.15, 0.2) is 18.2 Å². The van der Waals surface area contributed by atoms with E-state index in [9.17, 15) is 0 Å². The van der Waals surface area contributed by atoms with Crippen molar-refractivity contribution in [1.82, 2.24) is 10.2 Å². The van der Waals surface area contributed by atoms with Gasteiger partial charge in [-0.3, -0.25) is 0 Å². The van der Waals surface area contributed by atoms with Crippen molar-refractivity contribution in [2.75, 3.05) is 26.2 Å². The molecule has 1 aliphatic heterocycles. The van der Waals surface area contributed by atoms with Gasteiger partial charge < -0.3 is 10.2 Å². The molecule has 1 aliphatic rings. The van der Waals surface area contributed by atoms with Crippen molar-refractivity contribution in [2.24, 2.45) is 5.92 Å². The van der Waals surface area contributed by atoms with Gasteiger partial charge in [-0.25, -0.2) is 0 Å². The lowest BCUT2D eigenvalue weighted by Gasteiger charge is -2.20. The minimum Gasteiger partial charge on any atom is -0.312 e. The number of benzene rings is 1. The van der Waals surface area contributed by atoms with Crippen LogP contribution in [-0.2, 0) is 6.54 Å². The average molecular weight is 260 g/mol. The van der Waals surface area contributed by atoms with Crippen LogP contribution >= 0.6 is 0 Å². The van der Waals surface area contributed by atoms with Crippen LogP contribution in [0.4, 0.5) is 0 Å². The Kier molecular flexibility index (Phi) is 5.41. The number of hydrogen-bond donors (Lipinski definition) is 1. The zero-order valence-corrected chi connectivity index (χ0v) is 12.7. The first-order valence-electron chi connectivity index (χ1n) is 7.64. The summed E-state index contributed by atoms with van der Waals surface area (Å²) in [6.07, 6.45) is 2.78. The van der Waals surface area contributed by atoms with Crippen molar-refractivity contribution in [3.63, 3.8) is 0 Å². The second-order valence-electron chi connectivity index (χ2n) is 6.16. The van der Waals surface area contributed by atoms with Crippen LogP contribution in [0.5, 0.6) is 0 Å². The first kappa shape index (κ1) is 14.5. The maximum atomic E-state index is 3.60. The fourth-order valence-electron chi connectivity index (χ4n) is 2.85. The number of rotatable bonds is 6. The molecule has 1 atom stereocenters. The number of hydrogen-bond acceptors (Lipinski definition) is 2. The Hall–Kier alpha value is -0.860. The highest BCUT2D eigenvalue weighted by Crippen LogP contribution is 2.11. The van der Waals surface area contributed by atoms with E-state index in [-0.39, 0.29) is 0 Å². The van der Waals surface area contributed by atoms with Gasteiger partial charge in [0.25, 0.3) is 0 Å². The van der Waals surface area contributed by atoms with Gasteiger partial charge in [0.2, 0.25) is 0 Å². The Labute approximate surface area is 118 Å². The SMILES string of the molecule is Cc1ccc(CNCC(C)CN2CCCC2)cc1C. The Morgan fingerprint density at radius 3 is 2.58 bits per heavy atom. The number of likely N-dealkylation sites (tertiary alicyclic amines) is 1. The molecule has 106 valence electrons. The number of nitrogens with one attached hydrogen (secondary N) is 1. The molecule has 0 aliphatic carbocycles. The van der Waals surface area contributed by atoms with E-state index in [1.165, 1.54) is 49.2 Å². The molecule has 1 saturated heterocycles. The summed E-state index contributed by atoms with van der Waals surface area (Å²) in [4.78, 5) is 2.60. The maximum Gasteiger partial charge on any atom is 0.0205 e. The first-order valence-corrected chi connectivity index (χ1v) is 7.64. The summed E-state index contributed by atoms with van der Waals surface area (Å²) in [7, 11) is 0. The van der Waals surface area contributed by atoms with Crippen LogP contribution in [0.3, 0.4) is 0 Å². The largest absolute Gasteiger partial charge is 0.312 e. The van der Waals surface area contributed by atoms with Crippen LogP contribution in [0.2, 0.25) is 0 Å². The molecule has 0 radical (unpaired) electrons. The molecular weight excluding hydrogens is 232 g/mol. The van der Waals surface area contributed by atoms with Gasteiger partial charge in [0.15, 0.2) is 0 Å². The van der Waals surface area contributed by atoms with Crippen molar-refractivity contribution in [1.29, 1.82) is 0 Å². The standard InChI is InChI=1S/C17H28N2/c1-14(13-19-8-4-5-9-19)11-18-12-17-7-6-15(2)16(3)10-17/h6-7,10,14,18H,4-5,8-9,11-13H2,1-3H3. The molecule has 2 rings (SSSR count). The summed E-state index contributed by atoms with van der Waals surface area (Å²) in [6.45, 7) is 12.7. The van der Waals surface area contributed by atoms with Crippen LogP contribution in [0, 0.1) is 19.8 Å². The summed E-state index contributed by atoms with van der Waals surface area (Å²) in [5.41, 5.74) is 4.17. The third-order valence-electron chi connectivity index (χ3n) is 4.16. The fraction of sp³-hybridized carbons (Fsp3) is 0.647. The monoisotopic (exact) mass is 260 g/mol. The van der Waals surface area contributed by atoms with Crippen LogP contribution < -0.4 is 5.32 Å². The molecular formula is C17H28N2. The van der Waals surface area contributed by atoms with Gasteiger partial charge in [-0.15, -0.1) is 0 Å². The Bertz CT molecular complexity index is 394. The Morgan fingerprint density at radius 2 is 1.89 bits per heavy atom.